The molecule has 1 atom stereocenters. The Kier molecular flexibility index (Phi) is 5.21. The molecular formula is C11H17F3N2O4. The Morgan fingerprint density at radius 1 is 1.45 bits per heavy atom. The average Bonchev–Trinajstić information content (AvgIpc) is 2.80. The van der Waals surface area contributed by atoms with Gasteiger partial charge in [0.2, 0.25) is 0 Å². The van der Waals surface area contributed by atoms with Crippen molar-refractivity contribution in [1.29, 1.82) is 0 Å². The number of nitrogens with zero attached hydrogens (tertiary/aromatic N) is 1. The number of rotatable bonds is 5. The van der Waals surface area contributed by atoms with E-state index >= 15 is 0 Å². The van der Waals surface area contributed by atoms with Crippen molar-refractivity contribution in [1.82, 2.24) is 10.2 Å². The molecule has 0 radical (unpaired) electrons. The van der Waals surface area contributed by atoms with E-state index in [4.69, 9.17) is 9.84 Å². The molecule has 2 amide bonds. The van der Waals surface area contributed by atoms with Crippen LogP contribution < -0.4 is 5.32 Å². The number of halogens is 3. The molecule has 0 aliphatic carbocycles. The number of likely N-dealkylation sites (tertiary alicyclic amines) is 1. The average molecular weight is 298 g/mol. The number of methoxy groups -OCH3 is 1. The molecule has 1 rings (SSSR count). The number of amides is 2. The predicted octanol–water partition coefficient (Wildman–Crippen LogP) is 1.07. The largest absolute Gasteiger partial charge is 0.481 e. The number of ether oxygens (including phenoxy) is 1. The molecule has 1 aliphatic heterocycles. The zero-order valence-electron chi connectivity index (χ0n) is 11.0. The van der Waals surface area contributed by atoms with Crippen molar-refractivity contribution < 1.29 is 32.6 Å². The molecule has 2 N–H and O–H groups in total. The van der Waals surface area contributed by atoms with Gasteiger partial charge in [0.25, 0.3) is 0 Å². The number of aliphatic carboxylic acids is 1. The molecule has 0 spiro atoms. The van der Waals surface area contributed by atoms with Crippen LogP contribution in [0.3, 0.4) is 0 Å². The van der Waals surface area contributed by atoms with Crippen LogP contribution in [0.2, 0.25) is 0 Å². The maximum Gasteiger partial charge on any atom is 0.406 e. The highest BCUT2D eigenvalue weighted by atomic mass is 19.4. The summed E-state index contributed by atoms with van der Waals surface area (Å²) in [6.07, 6.45) is -4.99. The van der Waals surface area contributed by atoms with Crippen LogP contribution in [0.1, 0.15) is 12.8 Å². The molecule has 0 aromatic rings. The van der Waals surface area contributed by atoms with E-state index in [2.05, 4.69) is 5.32 Å². The number of carboxylic acid groups (broad SMARTS) is 1. The number of hydrogen-bond donors (Lipinski definition) is 2. The number of carbonyl (C=O) groups is 2. The Morgan fingerprint density at radius 3 is 2.55 bits per heavy atom. The molecule has 1 aliphatic rings. The number of hydrogen-bond acceptors (Lipinski definition) is 3. The molecule has 116 valence electrons. The highest BCUT2D eigenvalue weighted by molar-refractivity contribution is 5.80. The zero-order valence-corrected chi connectivity index (χ0v) is 11.0. The third kappa shape index (κ3) is 3.33. The smallest absolute Gasteiger partial charge is 0.406 e. The monoisotopic (exact) mass is 298 g/mol. The van der Waals surface area contributed by atoms with Gasteiger partial charge in [0.1, 0.15) is 0 Å². The van der Waals surface area contributed by atoms with Gasteiger partial charge in [-0.1, -0.05) is 0 Å². The minimum atomic E-state index is -4.89. The molecule has 0 aromatic carbocycles. The van der Waals surface area contributed by atoms with Crippen molar-refractivity contribution in [3.8, 4) is 0 Å². The van der Waals surface area contributed by atoms with Crippen molar-refractivity contribution in [2.24, 2.45) is 5.41 Å². The van der Waals surface area contributed by atoms with Crippen LogP contribution >= 0.6 is 0 Å². The summed E-state index contributed by atoms with van der Waals surface area (Å²) in [7, 11) is 1.49. The summed E-state index contributed by atoms with van der Waals surface area (Å²) in [4.78, 5) is 23.5. The number of carbonyl (C=O) groups excluding carboxylic acids is 1. The van der Waals surface area contributed by atoms with Crippen LogP contribution in [0, 0.1) is 5.41 Å². The lowest BCUT2D eigenvalue weighted by atomic mass is 9.86. The van der Waals surface area contributed by atoms with E-state index in [1.165, 1.54) is 7.11 Å². The summed E-state index contributed by atoms with van der Waals surface area (Å²) in [6.45, 7) is -0.416. The standard InChI is InChI=1S/C11H17F3N2O4/c1-20-6-2-4-15-9(19)16-5-3-10(7-16,8(17)18)11(12,13)14/h2-7H2,1H3,(H,15,19)(H,17,18). The first-order valence-electron chi connectivity index (χ1n) is 6.06. The van der Waals surface area contributed by atoms with Crippen molar-refractivity contribution in [3.63, 3.8) is 0 Å². The van der Waals surface area contributed by atoms with E-state index in [0.29, 0.717) is 13.0 Å². The second-order valence-electron chi connectivity index (χ2n) is 4.63. The summed E-state index contributed by atoms with van der Waals surface area (Å²) in [6, 6.07) is -0.687. The Hall–Kier alpha value is -1.51. The molecule has 0 bridgehead atoms. The number of urea groups is 1. The molecule has 6 nitrogen and oxygen atoms in total. The minimum Gasteiger partial charge on any atom is -0.481 e. The first kappa shape index (κ1) is 16.5. The SMILES string of the molecule is COCCCNC(=O)N1CCC(C(=O)O)(C(F)(F)F)C1. The van der Waals surface area contributed by atoms with Gasteiger partial charge in [0, 0.05) is 33.4 Å². The predicted molar refractivity (Wildman–Crippen MR) is 62.2 cm³/mol. The molecule has 1 fully saturated rings. The Morgan fingerprint density at radius 2 is 2.10 bits per heavy atom. The lowest BCUT2D eigenvalue weighted by Crippen LogP contribution is -2.49. The quantitative estimate of drug-likeness (QED) is 0.744. The van der Waals surface area contributed by atoms with E-state index in [-0.39, 0.29) is 13.1 Å². The third-order valence-electron chi connectivity index (χ3n) is 3.31. The molecule has 9 heteroatoms. The van der Waals surface area contributed by atoms with Crippen molar-refractivity contribution in [2.45, 2.75) is 19.0 Å². The highest BCUT2D eigenvalue weighted by Gasteiger charge is 2.64. The maximum atomic E-state index is 12.9. The Labute approximate surface area is 113 Å². The van der Waals surface area contributed by atoms with E-state index in [1.807, 2.05) is 0 Å². The summed E-state index contributed by atoms with van der Waals surface area (Å²) in [5.41, 5.74) is -2.86. The van der Waals surface area contributed by atoms with E-state index in [0.717, 1.165) is 4.90 Å². The molecule has 1 unspecified atom stereocenters. The van der Waals surface area contributed by atoms with E-state index < -0.39 is 36.6 Å². The van der Waals surface area contributed by atoms with Crippen LogP contribution in [-0.2, 0) is 9.53 Å². The van der Waals surface area contributed by atoms with Crippen molar-refractivity contribution in [3.05, 3.63) is 0 Å². The lowest BCUT2D eigenvalue weighted by Gasteiger charge is -2.27. The van der Waals surface area contributed by atoms with Crippen LogP contribution in [0.5, 0.6) is 0 Å². The minimum absolute atomic E-state index is 0.234. The van der Waals surface area contributed by atoms with Gasteiger partial charge in [0.05, 0.1) is 0 Å². The second kappa shape index (κ2) is 6.29. The maximum absolute atomic E-state index is 12.9. The summed E-state index contributed by atoms with van der Waals surface area (Å²) < 4.78 is 43.5. The highest BCUT2D eigenvalue weighted by Crippen LogP contribution is 2.45. The molecule has 20 heavy (non-hydrogen) atoms. The summed E-state index contributed by atoms with van der Waals surface area (Å²) >= 11 is 0. The van der Waals surface area contributed by atoms with Gasteiger partial charge < -0.3 is 20.1 Å². The number of nitrogens with one attached hydrogen (secondary N) is 1. The molecule has 0 saturated carbocycles. The normalized spacial score (nSPS) is 22.9. The summed E-state index contributed by atoms with van der Waals surface area (Å²) in [5, 5.41) is 11.3. The van der Waals surface area contributed by atoms with Gasteiger partial charge in [-0.05, 0) is 12.8 Å². The zero-order chi connectivity index (χ0) is 15.4. The lowest BCUT2D eigenvalue weighted by molar-refractivity contribution is -0.226. The first-order chi connectivity index (χ1) is 9.24. The van der Waals surface area contributed by atoms with Crippen LogP contribution in [0.4, 0.5) is 18.0 Å². The number of alkyl halides is 3. The fourth-order valence-electron chi connectivity index (χ4n) is 2.03. The first-order valence-corrected chi connectivity index (χ1v) is 6.06. The molecule has 1 heterocycles. The van der Waals surface area contributed by atoms with E-state index in [1.54, 1.807) is 0 Å². The van der Waals surface area contributed by atoms with Gasteiger partial charge in [-0.25, -0.2) is 4.79 Å². The van der Waals surface area contributed by atoms with Crippen molar-refractivity contribution >= 4 is 12.0 Å². The van der Waals surface area contributed by atoms with Gasteiger partial charge in [-0.15, -0.1) is 0 Å². The van der Waals surface area contributed by atoms with Crippen LogP contribution in [0.25, 0.3) is 0 Å². The van der Waals surface area contributed by atoms with E-state index in [9.17, 15) is 22.8 Å². The van der Waals surface area contributed by atoms with Crippen LogP contribution in [-0.4, -0.2) is 61.5 Å². The fourth-order valence-corrected chi connectivity index (χ4v) is 2.03. The van der Waals surface area contributed by atoms with Crippen LogP contribution in [0.15, 0.2) is 0 Å². The molecular weight excluding hydrogens is 281 g/mol. The van der Waals surface area contributed by atoms with Gasteiger partial charge >= 0.3 is 18.2 Å². The fraction of sp³-hybridized carbons (Fsp3) is 0.818. The Balaban J connectivity index is 2.61. The molecule has 0 aromatic heterocycles. The molecule has 1 saturated heterocycles. The van der Waals surface area contributed by atoms with Crippen molar-refractivity contribution in [2.75, 3.05) is 33.4 Å². The van der Waals surface area contributed by atoms with Gasteiger partial charge in [-0.3, -0.25) is 4.79 Å². The summed E-state index contributed by atoms with van der Waals surface area (Å²) in [5.74, 6) is -1.94. The third-order valence-corrected chi connectivity index (χ3v) is 3.31. The van der Waals surface area contributed by atoms with Gasteiger partial charge in [-0.2, -0.15) is 13.2 Å². The Bertz CT molecular complexity index is 375. The number of carboxylic acids is 1. The second-order valence-corrected chi connectivity index (χ2v) is 4.63. The van der Waals surface area contributed by atoms with Gasteiger partial charge in [0.15, 0.2) is 5.41 Å². The topological polar surface area (TPSA) is 78.9 Å².